The maximum absolute atomic E-state index is 10.9. The first-order valence-electron chi connectivity index (χ1n) is 5.14. The van der Waals surface area contributed by atoms with E-state index in [2.05, 4.69) is 10.1 Å². The molecule has 0 fully saturated rings. The van der Waals surface area contributed by atoms with Crippen molar-refractivity contribution in [3.05, 3.63) is 46.5 Å². The molecule has 0 aliphatic rings. The summed E-state index contributed by atoms with van der Waals surface area (Å²) in [6.07, 6.45) is 3.39. The van der Waals surface area contributed by atoms with Gasteiger partial charge in [0.1, 0.15) is 6.54 Å². The van der Waals surface area contributed by atoms with Gasteiger partial charge in [-0.2, -0.15) is 4.98 Å². The van der Waals surface area contributed by atoms with Gasteiger partial charge < -0.3 is 9.09 Å². The molecule has 0 saturated carbocycles. The van der Waals surface area contributed by atoms with Crippen LogP contribution in [0.1, 0.15) is 31.5 Å². The van der Waals surface area contributed by atoms with Crippen LogP contribution in [-0.2, 0) is 6.54 Å². The van der Waals surface area contributed by atoms with Crippen LogP contribution in [0, 0.1) is 0 Å². The van der Waals surface area contributed by atoms with Gasteiger partial charge in [0.15, 0.2) is 11.3 Å². The Morgan fingerprint density at radius 3 is 2.62 bits per heavy atom. The van der Waals surface area contributed by atoms with Crippen molar-refractivity contribution in [3.8, 4) is 0 Å². The van der Waals surface area contributed by atoms with Gasteiger partial charge in [-0.1, -0.05) is 19.0 Å². The van der Waals surface area contributed by atoms with Crippen molar-refractivity contribution in [3.63, 3.8) is 0 Å². The minimum absolute atomic E-state index is 0.00958. The van der Waals surface area contributed by atoms with E-state index in [1.807, 2.05) is 18.4 Å². The van der Waals surface area contributed by atoms with Gasteiger partial charge in [-0.15, -0.1) is 0 Å². The van der Waals surface area contributed by atoms with Gasteiger partial charge in [-0.3, -0.25) is 4.79 Å². The average molecular weight is 219 g/mol. The Hall–Kier alpha value is -1.91. The zero-order valence-corrected chi connectivity index (χ0v) is 9.25. The molecule has 0 unspecified atom stereocenters. The molecule has 0 N–H and O–H groups in total. The highest BCUT2D eigenvalue weighted by Crippen LogP contribution is 2.09. The molecule has 2 aromatic rings. The van der Waals surface area contributed by atoms with E-state index in [4.69, 9.17) is 4.52 Å². The van der Waals surface area contributed by atoms with Crippen molar-refractivity contribution in [1.29, 1.82) is 0 Å². The van der Waals surface area contributed by atoms with E-state index >= 15 is 0 Å². The van der Waals surface area contributed by atoms with Crippen molar-refractivity contribution in [2.45, 2.75) is 26.3 Å². The van der Waals surface area contributed by atoms with Crippen molar-refractivity contribution in [2.24, 2.45) is 0 Å². The minimum atomic E-state index is -0.00958. The number of hydrogen-bond donors (Lipinski definition) is 0. The van der Waals surface area contributed by atoms with Crippen LogP contribution < -0.4 is 5.43 Å². The Bertz CT molecular complexity index is 508. The number of nitrogens with zero attached hydrogens (tertiary/aromatic N) is 3. The molecule has 5 nitrogen and oxygen atoms in total. The van der Waals surface area contributed by atoms with Crippen LogP contribution in [0.15, 0.2) is 33.8 Å². The van der Waals surface area contributed by atoms with E-state index in [9.17, 15) is 4.79 Å². The van der Waals surface area contributed by atoms with E-state index in [0.29, 0.717) is 18.3 Å². The lowest BCUT2D eigenvalue weighted by Gasteiger charge is -1.99. The number of rotatable bonds is 3. The lowest BCUT2D eigenvalue weighted by molar-refractivity contribution is 0.364. The van der Waals surface area contributed by atoms with Crippen LogP contribution in [0.2, 0.25) is 0 Å². The standard InChI is InChI=1S/C11H13N3O2/c1-8(2)11-12-10(16-13-11)7-14-5-3-9(15)4-6-14/h3-6,8H,7H2,1-2H3. The predicted molar refractivity (Wildman–Crippen MR) is 58.2 cm³/mol. The fourth-order valence-electron chi connectivity index (χ4n) is 1.27. The lowest BCUT2D eigenvalue weighted by Crippen LogP contribution is -2.05. The monoisotopic (exact) mass is 219 g/mol. The van der Waals surface area contributed by atoms with Crippen LogP contribution in [-0.4, -0.2) is 14.7 Å². The quantitative estimate of drug-likeness (QED) is 0.782. The van der Waals surface area contributed by atoms with Crippen LogP contribution in [0.5, 0.6) is 0 Å². The highest BCUT2D eigenvalue weighted by molar-refractivity contribution is 4.97. The summed E-state index contributed by atoms with van der Waals surface area (Å²) in [6, 6.07) is 3.00. The zero-order valence-electron chi connectivity index (χ0n) is 9.25. The maximum Gasteiger partial charge on any atom is 0.246 e. The third kappa shape index (κ3) is 2.36. The molecule has 84 valence electrons. The van der Waals surface area contributed by atoms with E-state index in [-0.39, 0.29) is 11.3 Å². The largest absolute Gasteiger partial charge is 0.345 e. The summed E-state index contributed by atoms with van der Waals surface area (Å²) < 4.78 is 6.92. The SMILES string of the molecule is CC(C)c1noc(Cn2ccc(=O)cc2)n1. The molecule has 0 atom stereocenters. The normalized spacial score (nSPS) is 10.9. The Morgan fingerprint density at radius 2 is 2.06 bits per heavy atom. The number of aromatic nitrogens is 3. The Kier molecular flexibility index (Phi) is 2.85. The molecule has 0 radical (unpaired) electrons. The molecule has 2 heterocycles. The highest BCUT2D eigenvalue weighted by Gasteiger charge is 2.09. The fraction of sp³-hybridized carbons (Fsp3) is 0.364. The zero-order chi connectivity index (χ0) is 11.5. The van der Waals surface area contributed by atoms with Crippen LogP contribution in [0.4, 0.5) is 0 Å². The second-order valence-electron chi connectivity index (χ2n) is 3.91. The van der Waals surface area contributed by atoms with Gasteiger partial charge >= 0.3 is 0 Å². The van der Waals surface area contributed by atoms with E-state index in [1.54, 1.807) is 12.4 Å². The molecule has 2 aromatic heterocycles. The van der Waals surface area contributed by atoms with Gasteiger partial charge in [0.2, 0.25) is 5.89 Å². The van der Waals surface area contributed by atoms with Crippen LogP contribution >= 0.6 is 0 Å². The molecule has 0 saturated heterocycles. The highest BCUT2D eigenvalue weighted by atomic mass is 16.5. The molecule has 16 heavy (non-hydrogen) atoms. The second-order valence-corrected chi connectivity index (χ2v) is 3.91. The molecule has 0 aliphatic heterocycles. The number of hydrogen-bond acceptors (Lipinski definition) is 4. The van der Waals surface area contributed by atoms with Crippen LogP contribution in [0.3, 0.4) is 0 Å². The first-order valence-corrected chi connectivity index (χ1v) is 5.14. The predicted octanol–water partition coefficient (Wildman–Crippen LogP) is 1.40. The van der Waals surface area contributed by atoms with E-state index < -0.39 is 0 Å². The summed E-state index contributed by atoms with van der Waals surface area (Å²) in [6.45, 7) is 4.50. The van der Waals surface area contributed by atoms with Gasteiger partial charge in [0, 0.05) is 30.4 Å². The first kappa shape index (κ1) is 10.6. The van der Waals surface area contributed by atoms with Gasteiger partial charge in [0.05, 0.1) is 0 Å². The summed E-state index contributed by atoms with van der Waals surface area (Å²) in [4.78, 5) is 15.2. The molecule has 0 bridgehead atoms. The second kappa shape index (κ2) is 4.30. The first-order chi connectivity index (χ1) is 7.65. The fourth-order valence-corrected chi connectivity index (χ4v) is 1.27. The molecule has 0 aliphatic carbocycles. The van der Waals surface area contributed by atoms with Crippen molar-refractivity contribution < 1.29 is 4.52 Å². The molecular formula is C11H13N3O2. The van der Waals surface area contributed by atoms with E-state index in [1.165, 1.54) is 12.1 Å². The summed E-state index contributed by atoms with van der Waals surface area (Å²) in [5, 5.41) is 3.87. The molecule has 2 rings (SSSR count). The average Bonchev–Trinajstić information content (AvgIpc) is 2.70. The molecule has 0 aromatic carbocycles. The van der Waals surface area contributed by atoms with Crippen LogP contribution in [0.25, 0.3) is 0 Å². The Morgan fingerprint density at radius 1 is 1.38 bits per heavy atom. The lowest BCUT2D eigenvalue weighted by atomic mass is 10.2. The summed E-state index contributed by atoms with van der Waals surface area (Å²) in [7, 11) is 0. The van der Waals surface area contributed by atoms with Crippen molar-refractivity contribution in [2.75, 3.05) is 0 Å². The van der Waals surface area contributed by atoms with Gasteiger partial charge in [-0.05, 0) is 0 Å². The van der Waals surface area contributed by atoms with Gasteiger partial charge in [0.25, 0.3) is 0 Å². The molecule has 5 heteroatoms. The third-order valence-electron chi connectivity index (χ3n) is 2.18. The summed E-state index contributed by atoms with van der Waals surface area (Å²) in [5.74, 6) is 1.51. The maximum atomic E-state index is 10.9. The van der Waals surface area contributed by atoms with Crippen molar-refractivity contribution in [1.82, 2.24) is 14.7 Å². The smallest absolute Gasteiger partial charge is 0.246 e. The third-order valence-corrected chi connectivity index (χ3v) is 2.18. The summed E-state index contributed by atoms with van der Waals surface area (Å²) >= 11 is 0. The molecular weight excluding hydrogens is 206 g/mol. The molecule has 0 spiro atoms. The Balaban J connectivity index is 2.14. The van der Waals surface area contributed by atoms with Gasteiger partial charge in [-0.25, -0.2) is 0 Å². The summed E-state index contributed by atoms with van der Waals surface area (Å²) in [5.41, 5.74) is -0.00958. The minimum Gasteiger partial charge on any atom is -0.345 e. The van der Waals surface area contributed by atoms with Crippen molar-refractivity contribution >= 4 is 0 Å². The number of pyridine rings is 1. The van der Waals surface area contributed by atoms with E-state index in [0.717, 1.165) is 0 Å². The topological polar surface area (TPSA) is 60.9 Å². The Labute approximate surface area is 92.7 Å². The molecule has 0 amide bonds.